The number of anilines is 1. The van der Waals surface area contributed by atoms with Crippen LogP contribution in [0.1, 0.15) is 37.3 Å². The minimum Gasteiger partial charge on any atom is -0.382 e. The molecule has 2 rings (SSSR count). The second-order valence-electron chi connectivity index (χ2n) is 3.31. The lowest BCUT2D eigenvalue weighted by molar-refractivity contribution is 0.696. The lowest BCUT2D eigenvalue weighted by Crippen LogP contribution is -2.03. The number of rotatable bonds is 1. The molecule has 12 heavy (non-hydrogen) atoms. The molecule has 0 atom stereocenters. The van der Waals surface area contributed by atoms with E-state index in [0.29, 0.717) is 11.7 Å². The zero-order valence-electron chi connectivity index (χ0n) is 7.03. The summed E-state index contributed by atoms with van der Waals surface area (Å²) in [6.45, 7) is 0. The third kappa shape index (κ3) is 1.26. The Morgan fingerprint density at radius 1 is 1.17 bits per heavy atom. The van der Waals surface area contributed by atoms with E-state index in [9.17, 15) is 0 Å². The van der Waals surface area contributed by atoms with Gasteiger partial charge in [0.2, 0.25) is 0 Å². The van der Waals surface area contributed by atoms with Crippen LogP contribution in [0.25, 0.3) is 0 Å². The molecule has 1 heterocycles. The van der Waals surface area contributed by atoms with Crippen molar-refractivity contribution in [2.45, 2.75) is 31.6 Å². The van der Waals surface area contributed by atoms with E-state index in [1.807, 2.05) is 0 Å². The highest BCUT2D eigenvalue weighted by molar-refractivity contribution is 5.35. The maximum Gasteiger partial charge on any atom is 0.145 e. The highest BCUT2D eigenvalue weighted by Crippen LogP contribution is 2.34. The van der Waals surface area contributed by atoms with Crippen LogP contribution in [0.4, 0.5) is 5.82 Å². The lowest BCUT2D eigenvalue weighted by atomic mass is 10.0. The maximum atomic E-state index is 5.73. The van der Waals surface area contributed by atoms with Gasteiger partial charge in [0.25, 0.3) is 0 Å². The van der Waals surface area contributed by atoms with Crippen LogP contribution in [-0.2, 0) is 0 Å². The van der Waals surface area contributed by atoms with Crippen molar-refractivity contribution in [3.8, 4) is 0 Å². The van der Waals surface area contributed by atoms with Crippen LogP contribution >= 0.6 is 0 Å². The first kappa shape index (κ1) is 7.53. The number of nitrogens with two attached hydrogens (primary N) is 1. The summed E-state index contributed by atoms with van der Waals surface area (Å²) < 4.78 is 0. The minimum atomic E-state index is 0.568. The van der Waals surface area contributed by atoms with Crippen molar-refractivity contribution in [1.82, 2.24) is 9.97 Å². The molecule has 0 unspecified atom stereocenters. The van der Waals surface area contributed by atoms with Crippen molar-refractivity contribution >= 4 is 5.82 Å². The fourth-order valence-electron chi connectivity index (χ4n) is 1.87. The molecule has 3 nitrogen and oxygen atoms in total. The number of nitrogen functional groups attached to an aromatic ring is 1. The summed E-state index contributed by atoms with van der Waals surface area (Å²) in [5.74, 6) is 1.18. The van der Waals surface area contributed by atoms with Gasteiger partial charge in [0.15, 0.2) is 0 Å². The van der Waals surface area contributed by atoms with Crippen molar-refractivity contribution in [3.63, 3.8) is 0 Å². The van der Waals surface area contributed by atoms with Gasteiger partial charge >= 0.3 is 0 Å². The highest BCUT2D eigenvalue weighted by atomic mass is 14.9. The van der Waals surface area contributed by atoms with Gasteiger partial charge in [-0.25, -0.2) is 4.98 Å². The molecule has 1 aromatic heterocycles. The fraction of sp³-hybridized carbons (Fsp3) is 0.556. The van der Waals surface area contributed by atoms with E-state index >= 15 is 0 Å². The second-order valence-corrected chi connectivity index (χ2v) is 3.31. The Morgan fingerprint density at radius 2 is 1.83 bits per heavy atom. The standard InChI is InChI=1S/C9H13N3/c10-9-8(11-5-6-12-9)7-3-1-2-4-7/h5-7H,1-4H2,(H2,10,12). The van der Waals surface area contributed by atoms with Gasteiger partial charge in [-0.3, -0.25) is 4.98 Å². The predicted molar refractivity (Wildman–Crippen MR) is 47.7 cm³/mol. The quantitative estimate of drug-likeness (QED) is 0.685. The van der Waals surface area contributed by atoms with E-state index in [4.69, 9.17) is 5.73 Å². The first-order valence-corrected chi connectivity index (χ1v) is 4.44. The van der Waals surface area contributed by atoms with Gasteiger partial charge in [-0.1, -0.05) is 12.8 Å². The van der Waals surface area contributed by atoms with Crippen LogP contribution in [0, 0.1) is 0 Å². The number of aromatic nitrogens is 2. The van der Waals surface area contributed by atoms with E-state index in [1.54, 1.807) is 12.4 Å². The van der Waals surface area contributed by atoms with Crippen LogP contribution in [0.15, 0.2) is 12.4 Å². The van der Waals surface area contributed by atoms with Gasteiger partial charge in [0.05, 0.1) is 5.69 Å². The Balaban J connectivity index is 2.26. The van der Waals surface area contributed by atoms with E-state index in [-0.39, 0.29) is 0 Å². The zero-order valence-corrected chi connectivity index (χ0v) is 7.03. The minimum absolute atomic E-state index is 0.568. The molecule has 2 N–H and O–H groups in total. The van der Waals surface area contributed by atoms with Crippen LogP contribution in [-0.4, -0.2) is 9.97 Å². The monoisotopic (exact) mass is 163 g/mol. The van der Waals surface area contributed by atoms with Crippen molar-refractivity contribution in [2.75, 3.05) is 5.73 Å². The normalized spacial score (nSPS) is 18.3. The summed E-state index contributed by atoms with van der Waals surface area (Å²) in [7, 11) is 0. The molecular formula is C9H13N3. The van der Waals surface area contributed by atoms with Crippen LogP contribution < -0.4 is 5.73 Å². The Kier molecular flexibility index (Phi) is 1.94. The Bertz CT molecular complexity index is 266. The second kappa shape index (κ2) is 3.09. The van der Waals surface area contributed by atoms with E-state index in [1.165, 1.54) is 25.7 Å². The van der Waals surface area contributed by atoms with E-state index < -0.39 is 0 Å². The van der Waals surface area contributed by atoms with E-state index in [2.05, 4.69) is 9.97 Å². The molecule has 0 radical (unpaired) electrons. The molecule has 0 bridgehead atoms. The first-order valence-electron chi connectivity index (χ1n) is 4.44. The number of hydrogen-bond donors (Lipinski definition) is 1. The molecule has 0 amide bonds. The SMILES string of the molecule is Nc1nccnc1C1CCCC1. The van der Waals surface area contributed by atoms with Crippen molar-refractivity contribution in [3.05, 3.63) is 18.1 Å². The van der Waals surface area contributed by atoms with Crippen molar-refractivity contribution in [2.24, 2.45) is 0 Å². The molecule has 0 aromatic carbocycles. The predicted octanol–water partition coefficient (Wildman–Crippen LogP) is 1.72. The summed E-state index contributed by atoms with van der Waals surface area (Å²) in [6, 6.07) is 0. The van der Waals surface area contributed by atoms with Crippen molar-refractivity contribution in [1.29, 1.82) is 0 Å². The average Bonchev–Trinajstić information content (AvgIpc) is 2.57. The summed E-state index contributed by atoms with van der Waals surface area (Å²) in [5.41, 5.74) is 6.74. The van der Waals surface area contributed by atoms with Crippen LogP contribution in [0.2, 0.25) is 0 Å². The molecule has 1 aromatic rings. The molecule has 0 saturated heterocycles. The molecule has 1 saturated carbocycles. The molecule has 0 spiro atoms. The molecule has 0 aliphatic heterocycles. The average molecular weight is 163 g/mol. The highest BCUT2D eigenvalue weighted by Gasteiger charge is 2.20. The van der Waals surface area contributed by atoms with E-state index in [0.717, 1.165) is 5.69 Å². The van der Waals surface area contributed by atoms with Gasteiger partial charge in [0, 0.05) is 18.3 Å². The molecule has 1 fully saturated rings. The fourth-order valence-corrected chi connectivity index (χ4v) is 1.87. The van der Waals surface area contributed by atoms with Gasteiger partial charge in [-0.2, -0.15) is 0 Å². The molecule has 1 aliphatic rings. The smallest absolute Gasteiger partial charge is 0.145 e. The molecule has 64 valence electrons. The Hall–Kier alpha value is -1.12. The van der Waals surface area contributed by atoms with Gasteiger partial charge < -0.3 is 5.73 Å². The summed E-state index contributed by atoms with van der Waals surface area (Å²) in [5, 5.41) is 0. The number of nitrogens with zero attached hydrogens (tertiary/aromatic N) is 2. The topological polar surface area (TPSA) is 51.8 Å². The summed E-state index contributed by atoms with van der Waals surface area (Å²) in [4.78, 5) is 8.31. The third-order valence-corrected chi connectivity index (χ3v) is 2.50. The Morgan fingerprint density at radius 3 is 2.50 bits per heavy atom. The van der Waals surface area contributed by atoms with Gasteiger partial charge in [-0.05, 0) is 12.8 Å². The lowest BCUT2D eigenvalue weighted by Gasteiger charge is -2.08. The Labute approximate surface area is 72.0 Å². The molecule has 1 aliphatic carbocycles. The zero-order chi connectivity index (χ0) is 8.39. The molecular weight excluding hydrogens is 150 g/mol. The van der Waals surface area contributed by atoms with Gasteiger partial charge in [-0.15, -0.1) is 0 Å². The number of hydrogen-bond acceptors (Lipinski definition) is 3. The summed E-state index contributed by atoms with van der Waals surface area (Å²) in [6.07, 6.45) is 8.44. The van der Waals surface area contributed by atoms with Crippen LogP contribution in [0.5, 0.6) is 0 Å². The maximum absolute atomic E-state index is 5.73. The van der Waals surface area contributed by atoms with Gasteiger partial charge in [0.1, 0.15) is 5.82 Å². The summed E-state index contributed by atoms with van der Waals surface area (Å²) >= 11 is 0. The first-order chi connectivity index (χ1) is 5.88. The van der Waals surface area contributed by atoms with Crippen molar-refractivity contribution < 1.29 is 0 Å². The largest absolute Gasteiger partial charge is 0.382 e. The third-order valence-electron chi connectivity index (χ3n) is 2.50. The molecule has 3 heteroatoms. The van der Waals surface area contributed by atoms with Crippen LogP contribution in [0.3, 0.4) is 0 Å².